The molecule has 3 aromatic heterocycles. The maximum Gasteiger partial charge on any atom is 0.137 e. The van der Waals surface area contributed by atoms with Crippen molar-refractivity contribution in [3.05, 3.63) is 158 Å². The molecule has 0 spiro atoms. The minimum Gasteiger partial charge on any atom is -0.456 e. The van der Waals surface area contributed by atoms with E-state index in [0.717, 1.165) is 33.3 Å². The molecule has 0 saturated carbocycles. The summed E-state index contributed by atoms with van der Waals surface area (Å²) in [5.74, 6) is 0. The average Bonchev–Trinajstić information content (AvgIpc) is 3.75. The number of para-hydroxylation sites is 3. The van der Waals surface area contributed by atoms with Crippen molar-refractivity contribution >= 4 is 65.6 Å². The van der Waals surface area contributed by atoms with Crippen molar-refractivity contribution in [2.75, 3.05) is 0 Å². The lowest BCUT2D eigenvalue weighted by Crippen LogP contribution is -1.93. The first-order chi connectivity index (χ1) is 22.3. The molecule has 0 fully saturated rings. The van der Waals surface area contributed by atoms with E-state index in [1.165, 1.54) is 54.7 Å². The maximum absolute atomic E-state index is 6.52. The van der Waals surface area contributed by atoms with Crippen LogP contribution in [0.2, 0.25) is 0 Å². The van der Waals surface area contributed by atoms with Gasteiger partial charge < -0.3 is 13.6 Å². The second-order valence-corrected chi connectivity index (χ2v) is 11.8. The Labute approximate surface area is 258 Å². The topological polar surface area (TPSA) is 23.0 Å². The molecule has 3 nitrogen and oxygen atoms in total. The molecule has 210 valence electrons. The zero-order valence-corrected chi connectivity index (χ0v) is 24.3. The van der Waals surface area contributed by atoms with Gasteiger partial charge in [0.05, 0.1) is 22.1 Å². The summed E-state index contributed by atoms with van der Waals surface area (Å²) < 4.78 is 11.2. The molecule has 0 aliphatic carbocycles. The Hall–Kier alpha value is -6.06. The summed E-state index contributed by atoms with van der Waals surface area (Å²) in [6.45, 7) is 0. The molecule has 0 radical (unpaired) electrons. The van der Waals surface area contributed by atoms with E-state index in [4.69, 9.17) is 4.42 Å². The summed E-state index contributed by atoms with van der Waals surface area (Å²) in [6, 6.07) is 56.5. The summed E-state index contributed by atoms with van der Waals surface area (Å²) in [4.78, 5) is 0. The van der Waals surface area contributed by atoms with E-state index in [-0.39, 0.29) is 0 Å². The smallest absolute Gasteiger partial charge is 0.137 e. The van der Waals surface area contributed by atoms with Crippen molar-refractivity contribution in [1.29, 1.82) is 0 Å². The number of fused-ring (bicyclic) bond motifs is 9. The molecule has 10 rings (SSSR count). The second kappa shape index (κ2) is 9.22. The summed E-state index contributed by atoms with van der Waals surface area (Å²) in [7, 11) is 0. The number of rotatable bonds is 3. The predicted molar refractivity (Wildman–Crippen MR) is 188 cm³/mol. The third kappa shape index (κ3) is 3.52. The first kappa shape index (κ1) is 24.4. The van der Waals surface area contributed by atoms with Crippen LogP contribution in [0.5, 0.6) is 0 Å². The quantitative estimate of drug-likeness (QED) is 0.206. The maximum atomic E-state index is 6.52. The molecule has 45 heavy (non-hydrogen) atoms. The number of benzene rings is 7. The van der Waals surface area contributed by atoms with Gasteiger partial charge in [0, 0.05) is 49.8 Å². The van der Waals surface area contributed by atoms with Crippen LogP contribution in [0.25, 0.3) is 88.1 Å². The average molecular weight is 575 g/mol. The molecule has 3 heteroatoms. The number of nitrogens with zero attached hydrogens (tertiary/aromatic N) is 2. The lowest BCUT2D eigenvalue weighted by atomic mass is 10.0. The summed E-state index contributed by atoms with van der Waals surface area (Å²) in [5.41, 5.74) is 11.2. The molecule has 3 heterocycles. The van der Waals surface area contributed by atoms with E-state index < -0.39 is 0 Å². The molecular formula is C42H26N2O. The van der Waals surface area contributed by atoms with Crippen molar-refractivity contribution in [3.63, 3.8) is 0 Å². The highest BCUT2D eigenvalue weighted by atomic mass is 16.3. The van der Waals surface area contributed by atoms with E-state index >= 15 is 0 Å². The number of hydrogen-bond donors (Lipinski definition) is 0. The number of furan rings is 1. The standard InChI is InChI=1S/C42H26N2O/c1-2-10-27(11-3-1)28-18-22-40-35(24-28)33-14-6-9-17-39(33)44(40)30-19-21-34-36-25-29(20-23-41(36)45-42(34)26-30)43-37-15-7-4-12-31(37)32-13-5-8-16-38(32)43/h1-26H. The van der Waals surface area contributed by atoms with Crippen LogP contribution in [0.4, 0.5) is 0 Å². The van der Waals surface area contributed by atoms with E-state index in [2.05, 4.69) is 167 Å². The van der Waals surface area contributed by atoms with Gasteiger partial charge in [-0.25, -0.2) is 0 Å². The molecule has 10 aromatic rings. The molecule has 0 N–H and O–H groups in total. The molecule has 7 aromatic carbocycles. The molecule has 0 amide bonds. The van der Waals surface area contributed by atoms with Crippen molar-refractivity contribution in [1.82, 2.24) is 9.13 Å². The van der Waals surface area contributed by atoms with Crippen LogP contribution < -0.4 is 0 Å². The molecule has 0 aliphatic rings. The van der Waals surface area contributed by atoms with Crippen LogP contribution >= 0.6 is 0 Å². The van der Waals surface area contributed by atoms with Crippen LogP contribution in [0.3, 0.4) is 0 Å². The van der Waals surface area contributed by atoms with Gasteiger partial charge in [0.25, 0.3) is 0 Å². The van der Waals surface area contributed by atoms with Gasteiger partial charge >= 0.3 is 0 Å². The minimum absolute atomic E-state index is 0.883. The van der Waals surface area contributed by atoms with Gasteiger partial charge in [-0.2, -0.15) is 0 Å². The monoisotopic (exact) mass is 574 g/mol. The fourth-order valence-corrected chi connectivity index (χ4v) is 7.29. The first-order valence-electron chi connectivity index (χ1n) is 15.4. The van der Waals surface area contributed by atoms with Crippen molar-refractivity contribution in [2.24, 2.45) is 0 Å². The zero-order chi connectivity index (χ0) is 29.5. The van der Waals surface area contributed by atoms with Gasteiger partial charge in [-0.15, -0.1) is 0 Å². The van der Waals surface area contributed by atoms with Gasteiger partial charge in [0.15, 0.2) is 0 Å². The summed E-state index contributed by atoms with van der Waals surface area (Å²) in [5, 5.41) is 7.24. The molecule has 0 saturated heterocycles. The van der Waals surface area contributed by atoms with Gasteiger partial charge in [-0.05, 0) is 71.8 Å². The van der Waals surface area contributed by atoms with Crippen LogP contribution in [0, 0.1) is 0 Å². The lowest BCUT2D eigenvalue weighted by molar-refractivity contribution is 0.668. The minimum atomic E-state index is 0.883. The highest BCUT2D eigenvalue weighted by Crippen LogP contribution is 2.38. The van der Waals surface area contributed by atoms with E-state index in [9.17, 15) is 0 Å². The summed E-state index contributed by atoms with van der Waals surface area (Å²) >= 11 is 0. The molecule has 0 atom stereocenters. The predicted octanol–water partition coefficient (Wildman–Crippen LogP) is 11.4. The van der Waals surface area contributed by atoms with Gasteiger partial charge in [0.1, 0.15) is 11.2 Å². The Morgan fingerprint density at radius 3 is 1.56 bits per heavy atom. The Balaban J connectivity index is 1.16. The third-order valence-electron chi connectivity index (χ3n) is 9.31. The SMILES string of the molecule is c1ccc(-c2ccc3c(c2)c2ccccc2n3-c2ccc3c(c2)oc2ccc(-n4c5ccccc5c5ccccc54)cc23)cc1. The molecule has 0 bridgehead atoms. The Morgan fingerprint density at radius 2 is 0.867 bits per heavy atom. The summed E-state index contributed by atoms with van der Waals surface area (Å²) in [6.07, 6.45) is 0. The zero-order valence-electron chi connectivity index (χ0n) is 24.3. The lowest BCUT2D eigenvalue weighted by Gasteiger charge is -2.09. The van der Waals surface area contributed by atoms with Crippen molar-refractivity contribution < 1.29 is 4.42 Å². The fraction of sp³-hybridized carbons (Fsp3) is 0. The highest BCUT2D eigenvalue weighted by Gasteiger charge is 2.17. The van der Waals surface area contributed by atoms with Crippen molar-refractivity contribution in [2.45, 2.75) is 0 Å². The number of hydrogen-bond acceptors (Lipinski definition) is 1. The Morgan fingerprint density at radius 1 is 0.311 bits per heavy atom. The van der Waals surface area contributed by atoms with Crippen LogP contribution in [0.1, 0.15) is 0 Å². The van der Waals surface area contributed by atoms with Gasteiger partial charge in [-0.3, -0.25) is 0 Å². The fourth-order valence-electron chi connectivity index (χ4n) is 7.29. The van der Waals surface area contributed by atoms with E-state index in [1.54, 1.807) is 0 Å². The largest absolute Gasteiger partial charge is 0.456 e. The van der Waals surface area contributed by atoms with E-state index in [1.807, 2.05) is 0 Å². The normalized spacial score (nSPS) is 12.0. The van der Waals surface area contributed by atoms with Crippen LogP contribution in [-0.4, -0.2) is 9.13 Å². The second-order valence-electron chi connectivity index (χ2n) is 11.8. The number of aromatic nitrogens is 2. The van der Waals surface area contributed by atoms with Gasteiger partial charge in [-0.1, -0.05) is 91.0 Å². The first-order valence-corrected chi connectivity index (χ1v) is 15.4. The Kier molecular flexibility index (Phi) is 5.00. The van der Waals surface area contributed by atoms with Gasteiger partial charge in [0.2, 0.25) is 0 Å². The van der Waals surface area contributed by atoms with Crippen molar-refractivity contribution in [3.8, 4) is 22.5 Å². The van der Waals surface area contributed by atoms with Crippen LogP contribution in [0.15, 0.2) is 162 Å². The molecule has 0 aliphatic heterocycles. The van der Waals surface area contributed by atoms with E-state index in [0.29, 0.717) is 0 Å². The molecule has 0 unspecified atom stereocenters. The third-order valence-corrected chi connectivity index (χ3v) is 9.31. The highest BCUT2D eigenvalue weighted by molar-refractivity contribution is 6.12. The van der Waals surface area contributed by atoms with Crippen LogP contribution in [-0.2, 0) is 0 Å². The Bertz CT molecular complexity index is 2710. The molecular weight excluding hydrogens is 548 g/mol.